The molecule has 0 saturated heterocycles. The van der Waals surface area contributed by atoms with E-state index in [0.717, 1.165) is 11.7 Å². The highest BCUT2D eigenvalue weighted by Gasteiger charge is 2.45. The molecule has 2 nitrogen and oxygen atoms in total. The van der Waals surface area contributed by atoms with Gasteiger partial charge in [-0.1, -0.05) is 34.3 Å². The van der Waals surface area contributed by atoms with E-state index in [4.69, 9.17) is 4.74 Å². The van der Waals surface area contributed by atoms with Crippen LogP contribution in [0.4, 0.5) is 0 Å². The zero-order chi connectivity index (χ0) is 10.2. The van der Waals surface area contributed by atoms with Gasteiger partial charge in [0.25, 0.3) is 0 Å². The summed E-state index contributed by atoms with van der Waals surface area (Å²) in [6.07, 6.45) is 0. The van der Waals surface area contributed by atoms with Crippen molar-refractivity contribution in [3.05, 3.63) is 12.3 Å². The second-order valence-electron chi connectivity index (χ2n) is 4.29. The predicted octanol–water partition coefficient (Wildman–Crippen LogP) is 3.00. The van der Waals surface area contributed by atoms with Crippen LogP contribution in [0.15, 0.2) is 17.3 Å². The van der Waals surface area contributed by atoms with Crippen molar-refractivity contribution >= 4 is 5.90 Å². The molecule has 0 aromatic carbocycles. The van der Waals surface area contributed by atoms with Gasteiger partial charge in [-0.15, -0.1) is 0 Å². The number of rotatable bonds is 2. The Morgan fingerprint density at radius 2 is 1.69 bits per heavy atom. The Hall–Kier alpha value is -0.790. The van der Waals surface area contributed by atoms with Crippen molar-refractivity contribution in [2.45, 2.75) is 40.2 Å². The van der Waals surface area contributed by atoms with Gasteiger partial charge in [0, 0.05) is 6.92 Å². The molecule has 1 heterocycles. The van der Waals surface area contributed by atoms with Gasteiger partial charge in [-0.05, 0) is 11.8 Å². The number of nitrogens with zero attached hydrogens (tertiary/aromatic N) is 1. The van der Waals surface area contributed by atoms with Crippen LogP contribution in [0, 0.1) is 11.8 Å². The van der Waals surface area contributed by atoms with Gasteiger partial charge in [-0.3, -0.25) is 0 Å². The molecule has 1 aliphatic rings. The van der Waals surface area contributed by atoms with Crippen LogP contribution in [-0.4, -0.2) is 11.4 Å². The summed E-state index contributed by atoms with van der Waals surface area (Å²) in [5, 5.41) is 0. The minimum atomic E-state index is -0.204. The Morgan fingerprint density at radius 3 is 1.85 bits per heavy atom. The van der Waals surface area contributed by atoms with Crippen LogP contribution in [0.3, 0.4) is 0 Å². The summed E-state index contributed by atoms with van der Waals surface area (Å²) in [6, 6.07) is 0. The summed E-state index contributed by atoms with van der Waals surface area (Å²) >= 11 is 0. The lowest BCUT2D eigenvalue weighted by Crippen LogP contribution is -2.38. The summed E-state index contributed by atoms with van der Waals surface area (Å²) in [5.41, 5.74) is -0.204. The maximum atomic E-state index is 5.46. The molecule has 0 aromatic rings. The molecule has 1 aliphatic heterocycles. The third kappa shape index (κ3) is 1.38. The number of hydrogen-bond donors (Lipinski definition) is 0. The third-order valence-corrected chi connectivity index (χ3v) is 2.82. The maximum Gasteiger partial charge on any atom is 0.187 e. The molecule has 0 atom stereocenters. The van der Waals surface area contributed by atoms with Crippen molar-refractivity contribution in [1.82, 2.24) is 0 Å². The van der Waals surface area contributed by atoms with E-state index in [1.165, 1.54) is 0 Å². The van der Waals surface area contributed by atoms with Gasteiger partial charge in [-0.2, -0.15) is 0 Å². The summed E-state index contributed by atoms with van der Waals surface area (Å²) < 4.78 is 5.46. The molecular weight excluding hydrogens is 162 g/mol. The molecule has 2 heteroatoms. The standard InChI is InChI=1S/C11H19NO/c1-7(2)11(8(3)4)9(5)13-10(6)12-11/h7-8H,5H2,1-4,6H3. The first-order chi connectivity index (χ1) is 5.91. The fourth-order valence-electron chi connectivity index (χ4n) is 2.17. The van der Waals surface area contributed by atoms with Gasteiger partial charge < -0.3 is 4.74 Å². The fourth-order valence-corrected chi connectivity index (χ4v) is 2.17. The van der Waals surface area contributed by atoms with Gasteiger partial charge >= 0.3 is 0 Å². The number of hydrogen-bond acceptors (Lipinski definition) is 2. The zero-order valence-electron chi connectivity index (χ0n) is 9.22. The Labute approximate surface area is 80.7 Å². The minimum Gasteiger partial charge on any atom is -0.446 e. The molecule has 13 heavy (non-hydrogen) atoms. The highest BCUT2D eigenvalue weighted by Crippen LogP contribution is 2.41. The second-order valence-corrected chi connectivity index (χ2v) is 4.29. The second kappa shape index (κ2) is 3.17. The van der Waals surface area contributed by atoms with E-state index >= 15 is 0 Å². The first-order valence-electron chi connectivity index (χ1n) is 4.85. The molecular formula is C11H19NO. The van der Waals surface area contributed by atoms with Crippen LogP contribution < -0.4 is 0 Å². The minimum absolute atomic E-state index is 0.204. The van der Waals surface area contributed by atoms with Crippen LogP contribution in [0.5, 0.6) is 0 Å². The SMILES string of the molecule is C=C1OC(C)=NC1(C(C)C)C(C)C. The Bertz CT molecular complexity index is 243. The Morgan fingerprint density at radius 1 is 1.23 bits per heavy atom. The average Bonchev–Trinajstić information content (AvgIpc) is 2.26. The van der Waals surface area contributed by atoms with Crippen LogP contribution >= 0.6 is 0 Å². The molecule has 0 saturated carbocycles. The summed E-state index contributed by atoms with van der Waals surface area (Å²) in [4.78, 5) is 4.59. The molecule has 0 fully saturated rings. The predicted molar refractivity (Wildman–Crippen MR) is 55.7 cm³/mol. The monoisotopic (exact) mass is 181 g/mol. The maximum absolute atomic E-state index is 5.46. The van der Waals surface area contributed by atoms with Crippen molar-refractivity contribution in [2.75, 3.05) is 0 Å². The fraction of sp³-hybridized carbons (Fsp3) is 0.727. The van der Waals surface area contributed by atoms with E-state index in [-0.39, 0.29) is 5.54 Å². The molecule has 0 amide bonds. The molecule has 0 spiro atoms. The molecule has 0 bridgehead atoms. The molecule has 0 radical (unpaired) electrons. The third-order valence-electron chi connectivity index (χ3n) is 2.82. The average molecular weight is 181 g/mol. The first kappa shape index (κ1) is 10.3. The van der Waals surface area contributed by atoms with Gasteiger partial charge in [-0.25, -0.2) is 4.99 Å². The van der Waals surface area contributed by atoms with Crippen molar-refractivity contribution in [3.8, 4) is 0 Å². The van der Waals surface area contributed by atoms with E-state index in [0.29, 0.717) is 11.8 Å². The number of ether oxygens (including phenoxy) is 1. The van der Waals surface area contributed by atoms with Crippen molar-refractivity contribution in [2.24, 2.45) is 16.8 Å². The van der Waals surface area contributed by atoms with E-state index in [1.54, 1.807) is 0 Å². The van der Waals surface area contributed by atoms with Crippen molar-refractivity contribution < 1.29 is 4.74 Å². The van der Waals surface area contributed by atoms with Crippen molar-refractivity contribution in [1.29, 1.82) is 0 Å². The van der Waals surface area contributed by atoms with Gasteiger partial charge in [0.05, 0.1) is 0 Å². The molecule has 74 valence electrons. The van der Waals surface area contributed by atoms with Crippen LogP contribution in [0.25, 0.3) is 0 Å². The molecule has 0 aromatic heterocycles. The lowest BCUT2D eigenvalue weighted by Gasteiger charge is -2.33. The normalized spacial score (nSPS) is 20.8. The van der Waals surface area contributed by atoms with Crippen LogP contribution in [0.2, 0.25) is 0 Å². The largest absolute Gasteiger partial charge is 0.446 e. The molecule has 0 aliphatic carbocycles. The summed E-state index contributed by atoms with van der Waals surface area (Å²) in [7, 11) is 0. The van der Waals surface area contributed by atoms with E-state index in [9.17, 15) is 0 Å². The van der Waals surface area contributed by atoms with Gasteiger partial charge in [0.2, 0.25) is 0 Å². The smallest absolute Gasteiger partial charge is 0.187 e. The van der Waals surface area contributed by atoms with E-state index < -0.39 is 0 Å². The Balaban J connectivity index is 3.12. The molecule has 0 N–H and O–H groups in total. The lowest BCUT2D eigenvalue weighted by atomic mass is 9.76. The van der Waals surface area contributed by atoms with E-state index in [1.807, 2.05) is 6.92 Å². The lowest BCUT2D eigenvalue weighted by molar-refractivity contribution is 0.229. The van der Waals surface area contributed by atoms with Gasteiger partial charge in [0.1, 0.15) is 11.3 Å². The van der Waals surface area contributed by atoms with Crippen molar-refractivity contribution in [3.63, 3.8) is 0 Å². The summed E-state index contributed by atoms with van der Waals surface area (Å²) in [5.74, 6) is 2.40. The molecule has 1 rings (SSSR count). The summed E-state index contributed by atoms with van der Waals surface area (Å²) in [6.45, 7) is 14.5. The number of aliphatic imine (C=N–C) groups is 1. The van der Waals surface area contributed by atoms with Gasteiger partial charge in [0.15, 0.2) is 5.90 Å². The van der Waals surface area contributed by atoms with Crippen LogP contribution in [-0.2, 0) is 4.74 Å². The molecule has 0 unspecified atom stereocenters. The highest BCUT2D eigenvalue weighted by atomic mass is 16.5. The first-order valence-corrected chi connectivity index (χ1v) is 4.85. The van der Waals surface area contributed by atoms with E-state index in [2.05, 4.69) is 39.3 Å². The topological polar surface area (TPSA) is 21.6 Å². The highest BCUT2D eigenvalue weighted by molar-refractivity contribution is 5.78. The zero-order valence-corrected chi connectivity index (χ0v) is 9.22. The Kier molecular flexibility index (Phi) is 2.51. The van der Waals surface area contributed by atoms with Crippen LogP contribution in [0.1, 0.15) is 34.6 Å². The quantitative estimate of drug-likeness (QED) is 0.641.